The molecule has 0 aliphatic carbocycles. The van der Waals surface area contributed by atoms with Crippen LogP contribution in [0, 0.1) is 5.82 Å². The molecule has 0 saturated carbocycles. The van der Waals surface area contributed by atoms with E-state index in [1.165, 1.54) is 19.2 Å². The van der Waals surface area contributed by atoms with Gasteiger partial charge in [0.05, 0.1) is 5.56 Å². The Morgan fingerprint density at radius 2 is 2.24 bits per heavy atom. The summed E-state index contributed by atoms with van der Waals surface area (Å²) in [6.07, 6.45) is -0.326. The summed E-state index contributed by atoms with van der Waals surface area (Å²) in [6.45, 7) is 1.75. The van der Waals surface area contributed by atoms with Gasteiger partial charge in [0, 0.05) is 13.2 Å². The van der Waals surface area contributed by atoms with Gasteiger partial charge in [0.2, 0.25) is 5.82 Å². The molecular weight excluding hydrogens is 227 g/mol. The lowest BCUT2D eigenvalue weighted by Gasteiger charge is -2.01. The predicted octanol–water partition coefficient (Wildman–Crippen LogP) is 2.29. The highest BCUT2D eigenvalue weighted by atomic mass is 19.1. The molecule has 17 heavy (non-hydrogen) atoms. The zero-order chi connectivity index (χ0) is 12.4. The summed E-state index contributed by atoms with van der Waals surface area (Å²) >= 11 is 0. The van der Waals surface area contributed by atoms with Gasteiger partial charge >= 0.3 is 0 Å². The average molecular weight is 238 g/mol. The zero-order valence-corrected chi connectivity index (χ0v) is 9.35. The van der Waals surface area contributed by atoms with E-state index in [9.17, 15) is 4.39 Å². The van der Waals surface area contributed by atoms with Crippen molar-refractivity contribution in [1.82, 2.24) is 10.1 Å². The topological polar surface area (TPSA) is 68.4 Å². The number of ether oxygens (including phenoxy) is 1. The van der Waals surface area contributed by atoms with E-state index in [2.05, 4.69) is 10.1 Å². The Morgan fingerprint density at radius 3 is 2.88 bits per heavy atom. The second-order valence-corrected chi connectivity index (χ2v) is 3.50. The minimum Gasteiger partial charge on any atom is -0.508 e. The van der Waals surface area contributed by atoms with E-state index < -0.39 is 5.82 Å². The summed E-state index contributed by atoms with van der Waals surface area (Å²) in [5, 5.41) is 12.8. The summed E-state index contributed by atoms with van der Waals surface area (Å²) in [4.78, 5) is 4.02. The molecule has 0 radical (unpaired) electrons. The molecule has 0 bridgehead atoms. The third-order valence-corrected chi connectivity index (χ3v) is 2.34. The average Bonchev–Trinajstić information content (AvgIpc) is 2.77. The number of aromatic nitrogens is 2. The van der Waals surface area contributed by atoms with E-state index in [4.69, 9.17) is 14.4 Å². The van der Waals surface area contributed by atoms with Crippen LogP contribution in [0.4, 0.5) is 4.39 Å². The molecule has 0 fully saturated rings. The Balaban J connectivity index is 2.37. The van der Waals surface area contributed by atoms with Crippen LogP contribution in [0.1, 0.15) is 18.9 Å². The first-order valence-corrected chi connectivity index (χ1v) is 4.97. The van der Waals surface area contributed by atoms with Crippen molar-refractivity contribution in [2.75, 3.05) is 7.11 Å². The molecule has 1 aromatic heterocycles. The summed E-state index contributed by atoms with van der Waals surface area (Å²) in [5.41, 5.74) is 0.143. The molecule has 0 aliphatic heterocycles. The molecule has 0 amide bonds. The third kappa shape index (κ3) is 2.26. The third-order valence-electron chi connectivity index (χ3n) is 2.34. The van der Waals surface area contributed by atoms with Crippen molar-refractivity contribution in [3.63, 3.8) is 0 Å². The van der Waals surface area contributed by atoms with Gasteiger partial charge in [-0.3, -0.25) is 0 Å². The van der Waals surface area contributed by atoms with Crippen LogP contribution in [0.15, 0.2) is 22.7 Å². The highest BCUT2D eigenvalue weighted by molar-refractivity contribution is 5.55. The summed E-state index contributed by atoms with van der Waals surface area (Å²) in [7, 11) is 1.52. The molecular formula is C11H11FN2O3. The smallest absolute Gasteiger partial charge is 0.260 e. The van der Waals surface area contributed by atoms with Crippen LogP contribution in [-0.4, -0.2) is 22.4 Å². The van der Waals surface area contributed by atoms with E-state index >= 15 is 0 Å². The fourth-order valence-corrected chi connectivity index (χ4v) is 1.29. The van der Waals surface area contributed by atoms with Gasteiger partial charge in [-0.2, -0.15) is 4.98 Å². The van der Waals surface area contributed by atoms with Crippen LogP contribution in [0.5, 0.6) is 5.75 Å². The first kappa shape index (κ1) is 11.5. The quantitative estimate of drug-likeness (QED) is 0.888. The van der Waals surface area contributed by atoms with Gasteiger partial charge in [0.25, 0.3) is 5.89 Å². The van der Waals surface area contributed by atoms with Gasteiger partial charge in [-0.1, -0.05) is 5.16 Å². The fourth-order valence-electron chi connectivity index (χ4n) is 1.29. The molecule has 0 aliphatic rings. The van der Waals surface area contributed by atoms with Crippen molar-refractivity contribution < 1.29 is 18.8 Å². The number of benzene rings is 1. The molecule has 0 spiro atoms. The maximum atomic E-state index is 13.5. The Kier molecular flexibility index (Phi) is 3.06. The molecule has 2 aromatic rings. The highest BCUT2D eigenvalue weighted by Gasteiger charge is 2.16. The number of hydrogen-bond donors (Lipinski definition) is 1. The van der Waals surface area contributed by atoms with Crippen molar-refractivity contribution in [3.05, 3.63) is 29.8 Å². The zero-order valence-electron chi connectivity index (χ0n) is 9.35. The fraction of sp³-hybridized carbons (Fsp3) is 0.273. The van der Waals surface area contributed by atoms with Gasteiger partial charge in [-0.05, 0) is 19.1 Å². The molecule has 6 heteroatoms. The Hall–Kier alpha value is -1.95. The second kappa shape index (κ2) is 4.50. The number of rotatable bonds is 3. The molecule has 90 valence electrons. The normalized spacial score (nSPS) is 12.6. The predicted molar refractivity (Wildman–Crippen MR) is 56.8 cm³/mol. The van der Waals surface area contributed by atoms with Gasteiger partial charge in [0.1, 0.15) is 17.7 Å². The first-order valence-electron chi connectivity index (χ1n) is 4.97. The van der Waals surface area contributed by atoms with Crippen molar-refractivity contribution in [1.29, 1.82) is 0 Å². The summed E-state index contributed by atoms with van der Waals surface area (Å²) < 4.78 is 23.5. The number of phenolic OH excluding ortho intramolecular Hbond substituents is 1. The van der Waals surface area contributed by atoms with Crippen LogP contribution in [-0.2, 0) is 4.74 Å². The summed E-state index contributed by atoms with van der Waals surface area (Å²) in [6, 6.07) is 3.71. The molecule has 1 aromatic carbocycles. The molecule has 1 N–H and O–H groups in total. The number of methoxy groups -OCH3 is 1. The van der Waals surface area contributed by atoms with Crippen molar-refractivity contribution in [3.8, 4) is 17.2 Å². The maximum absolute atomic E-state index is 13.5. The van der Waals surface area contributed by atoms with Crippen LogP contribution in [0.3, 0.4) is 0 Å². The standard InChI is InChI=1S/C11H11FN2O3/c1-6(16-2)10-13-11(17-14-10)8-4-3-7(15)5-9(8)12/h3-6,15H,1-2H3. The second-order valence-electron chi connectivity index (χ2n) is 3.50. The lowest BCUT2D eigenvalue weighted by molar-refractivity contribution is 0.109. The Bertz CT molecular complexity index is 527. The number of phenols is 1. The Labute approximate surface area is 96.8 Å². The molecule has 2 rings (SSSR count). The van der Waals surface area contributed by atoms with Crippen LogP contribution in [0.2, 0.25) is 0 Å². The number of halogens is 1. The molecule has 1 heterocycles. The van der Waals surface area contributed by atoms with Gasteiger partial charge in [-0.25, -0.2) is 4.39 Å². The lowest BCUT2D eigenvalue weighted by atomic mass is 10.2. The van der Waals surface area contributed by atoms with Crippen LogP contribution in [0.25, 0.3) is 11.5 Å². The van der Waals surface area contributed by atoms with Gasteiger partial charge in [-0.15, -0.1) is 0 Å². The van der Waals surface area contributed by atoms with Crippen molar-refractivity contribution in [2.24, 2.45) is 0 Å². The summed E-state index contributed by atoms with van der Waals surface area (Å²) in [5.74, 6) is -0.377. The molecule has 1 atom stereocenters. The van der Waals surface area contributed by atoms with E-state index in [0.717, 1.165) is 6.07 Å². The number of hydrogen-bond acceptors (Lipinski definition) is 5. The monoisotopic (exact) mass is 238 g/mol. The minimum atomic E-state index is -0.620. The van der Waals surface area contributed by atoms with Crippen LogP contribution < -0.4 is 0 Å². The van der Waals surface area contributed by atoms with E-state index in [1.54, 1.807) is 6.92 Å². The lowest BCUT2D eigenvalue weighted by Crippen LogP contribution is -1.97. The number of aromatic hydroxyl groups is 1. The largest absolute Gasteiger partial charge is 0.508 e. The Morgan fingerprint density at radius 1 is 1.47 bits per heavy atom. The molecule has 0 saturated heterocycles. The van der Waals surface area contributed by atoms with E-state index in [-0.39, 0.29) is 23.3 Å². The van der Waals surface area contributed by atoms with E-state index in [1.807, 2.05) is 0 Å². The maximum Gasteiger partial charge on any atom is 0.260 e. The molecule has 5 nitrogen and oxygen atoms in total. The van der Waals surface area contributed by atoms with E-state index in [0.29, 0.717) is 5.82 Å². The minimum absolute atomic E-state index is 0.0569. The van der Waals surface area contributed by atoms with Crippen molar-refractivity contribution in [2.45, 2.75) is 13.0 Å². The highest BCUT2D eigenvalue weighted by Crippen LogP contribution is 2.25. The first-order chi connectivity index (χ1) is 8.11. The van der Waals surface area contributed by atoms with Gasteiger partial charge in [0.15, 0.2) is 0 Å². The molecule has 1 unspecified atom stereocenters. The van der Waals surface area contributed by atoms with Crippen LogP contribution >= 0.6 is 0 Å². The SMILES string of the molecule is COC(C)c1noc(-c2ccc(O)cc2F)n1. The van der Waals surface area contributed by atoms with Crippen molar-refractivity contribution >= 4 is 0 Å². The van der Waals surface area contributed by atoms with Gasteiger partial charge < -0.3 is 14.4 Å². The number of nitrogens with zero attached hydrogens (tertiary/aromatic N) is 2.